The highest BCUT2D eigenvalue weighted by molar-refractivity contribution is 5.96. The van der Waals surface area contributed by atoms with Gasteiger partial charge in [0.15, 0.2) is 0 Å². The normalized spacial score (nSPS) is 13.6. The lowest BCUT2D eigenvalue weighted by Gasteiger charge is -2.29. The molecule has 2 amide bonds. The summed E-state index contributed by atoms with van der Waals surface area (Å²) in [6.45, 7) is 8.96. The van der Waals surface area contributed by atoms with Crippen LogP contribution in [0.15, 0.2) is 76.0 Å². The number of pyridine rings is 1. The molecule has 2 atom stereocenters. The Hall–Kier alpha value is -5.33. The average molecular weight is 599 g/mol. The number of carbonyl (C=O) groups excluding carboxylic acids is 2. The van der Waals surface area contributed by atoms with E-state index in [9.17, 15) is 9.59 Å². The summed E-state index contributed by atoms with van der Waals surface area (Å²) in [6.07, 6.45) is 4.39. The lowest BCUT2D eigenvalue weighted by molar-refractivity contribution is 0.0443. The van der Waals surface area contributed by atoms with Gasteiger partial charge in [-0.25, -0.2) is 14.8 Å². The molecule has 0 saturated carbocycles. The van der Waals surface area contributed by atoms with E-state index in [2.05, 4.69) is 35.9 Å². The number of hydrogen-bond acceptors (Lipinski definition) is 10. The predicted octanol–water partition coefficient (Wildman–Crippen LogP) is 4.99. The van der Waals surface area contributed by atoms with E-state index in [0.717, 1.165) is 5.56 Å². The molecular formula is C31H34N8O5. The van der Waals surface area contributed by atoms with Crippen molar-refractivity contribution in [2.75, 3.05) is 0 Å². The first-order chi connectivity index (χ1) is 20.9. The van der Waals surface area contributed by atoms with E-state index in [1.165, 1.54) is 12.5 Å². The number of alkyl carbamates (subject to hydrolysis) is 1. The summed E-state index contributed by atoms with van der Waals surface area (Å²) >= 11 is 0. The molecule has 5 rings (SSSR count). The van der Waals surface area contributed by atoms with Gasteiger partial charge in [0.05, 0.1) is 17.9 Å². The van der Waals surface area contributed by atoms with Gasteiger partial charge < -0.3 is 24.2 Å². The smallest absolute Gasteiger partial charge is 0.408 e. The van der Waals surface area contributed by atoms with Crippen molar-refractivity contribution in [3.8, 4) is 23.2 Å². The van der Waals surface area contributed by atoms with Crippen LogP contribution >= 0.6 is 0 Å². The molecule has 0 saturated heterocycles. The van der Waals surface area contributed by atoms with Crippen LogP contribution in [0, 0.1) is 0 Å². The molecule has 0 spiro atoms. The molecular weight excluding hydrogens is 564 g/mol. The van der Waals surface area contributed by atoms with E-state index in [1.807, 2.05) is 50.4 Å². The highest BCUT2D eigenvalue weighted by atomic mass is 16.6. The number of carbonyl (C=O) groups is 2. The first-order valence-corrected chi connectivity index (χ1v) is 14.0. The summed E-state index contributed by atoms with van der Waals surface area (Å²) in [4.78, 5) is 35.1. The monoisotopic (exact) mass is 598 g/mol. The molecule has 2 unspecified atom stereocenters. The zero-order chi connectivity index (χ0) is 31.5. The lowest BCUT2D eigenvalue weighted by Crippen LogP contribution is -2.47. The minimum absolute atomic E-state index is 0.0329. The van der Waals surface area contributed by atoms with Crippen molar-refractivity contribution in [1.29, 1.82) is 0 Å². The summed E-state index contributed by atoms with van der Waals surface area (Å²) in [5, 5.41) is 18.8. The minimum atomic E-state index is -1.15. The van der Waals surface area contributed by atoms with E-state index in [-0.39, 0.29) is 40.9 Å². The van der Waals surface area contributed by atoms with Crippen molar-refractivity contribution in [3.05, 3.63) is 89.9 Å². The zero-order valence-electron chi connectivity index (χ0n) is 25.4. The Bertz CT molecular complexity index is 1740. The molecule has 5 aromatic rings. The van der Waals surface area contributed by atoms with Crippen LogP contribution in [0.3, 0.4) is 0 Å². The van der Waals surface area contributed by atoms with Gasteiger partial charge in [-0.15, -0.1) is 10.2 Å². The fraction of sp³-hybridized carbons (Fsp3) is 0.323. The van der Waals surface area contributed by atoms with Crippen LogP contribution in [0.4, 0.5) is 4.79 Å². The SMILES string of the molecule is CC(NC(=O)c1cc(-c2ncco2)nc(-c2nnc(C(C)(Cc3ccccc3)NC(=O)OC(C)(C)C)o2)c1)c1ccn(C)n1. The second kappa shape index (κ2) is 12.1. The maximum absolute atomic E-state index is 13.4. The zero-order valence-corrected chi connectivity index (χ0v) is 25.4. The minimum Gasteiger partial charge on any atom is -0.444 e. The van der Waals surface area contributed by atoms with Gasteiger partial charge in [-0.2, -0.15) is 5.10 Å². The number of hydrogen-bond donors (Lipinski definition) is 2. The molecule has 4 heterocycles. The molecule has 2 N–H and O–H groups in total. The van der Waals surface area contributed by atoms with Crippen LogP contribution in [0.5, 0.6) is 0 Å². The van der Waals surface area contributed by atoms with Gasteiger partial charge in [0.1, 0.15) is 28.8 Å². The van der Waals surface area contributed by atoms with Gasteiger partial charge in [-0.05, 0) is 58.4 Å². The molecule has 228 valence electrons. The maximum Gasteiger partial charge on any atom is 0.408 e. The highest BCUT2D eigenvalue weighted by Gasteiger charge is 2.37. The van der Waals surface area contributed by atoms with Gasteiger partial charge in [-0.1, -0.05) is 30.3 Å². The Labute approximate surface area is 254 Å². The second-order valence-electron chi connectivity index (χ2n) is 11.6. The summed E-state index contributed by atoms with van der Waals surface area (Å²) < 4.78 is 18.8. The molecule has 4 aromatic heterocycles. The second-order valence-corrected chi connectivity index (χ2v) is 11.6. The summed E-state index contributed by atoms with van der Waals surface area (Å²) in [7, 11) is 1.81. The number of amides is 2. The third-order valence-corrected chi connectivity index (χ3v) is 6.56. The van der Waals surface area contributed by atoms with E-state index in [4.69, 9.17) is 13.6 Å². The number of benzene rings is 1. The first kappa shape index (κ1) is 30.1. The predicted molar refractivity (Wildman–Crippen MR) is 159 cm³/mol. The summed E-state index contributed by atoms with van der Waals surface area (Å²) in [5.74, 6) is -0.00963. The van der Waals surface area contributed by atoms with Crippen LogP contribution in [0.2, 0.25) is 0 Å². The standard InChI is InChI=1S/C31H34N8O5/c1-19(22-12-14-39(6)38-22)33-25(40)21-16-23(26-32-13-15-42-26)34-24(17-21)27-36-37-28(43-27)31(5,18-20-10-8-7-9-11-20)35-29(41)44-30(2,3)4/h7-17,19H,18H2,1-6H3,(H,33,40)(H,35,41). The fourth-order valence-corrected chi connectivity index (χ4v) is 4.50. The Morgan fingerprint density at radius 1 is 1.02 bits per heavy atom. The van der Waals surface area contributed by atoms with Crippen molar-refractivity contribution in [2.45, 2.75) is 58.2 Å². The highest BCUT2D eigenvalue weighted by Crippen LogP contribution is 2.30. The fourth-order valence-electron chi connectivity index (χ4n) is 4.50. The van der Waals surface area contributed by atoms with Crippen molar-refractivity contribution in [3.63, 3.8) is 0 Å². The van der Waals surface area contributed by atoms with Crippen LogP contribution in [0.1, 0.15) is 68.2 Å². The van der Waals surface area contributed by atoms with Gasteiger partial charge in [0.2, 0.25) is 11.8 Å². The molecule has 1 aromatic carbocycles. The Morgan fingerprint density at radius 3 is 2.39 bits per heavy atom. The Kier molecular flexibility index (Phi) is 8.30. The molecule has 13 heteroatoms. The molecule has 0 aliphatic heterocycles. The number of nitrogens with zero attached hydrogens (tertiary/aromatic N) is 6. The molecule has 0 fully saturated rings. The van der Waals surface area contributed by atoms with Crippen molar-refractivity contribution >= 4 is 12.0 Å². The maximum atomic E-state index is 13.4. The average Bonchev–Trinajstić information content (AvgIpc) is 3.75. The van der Waals surface area contributed by atoms with Gasteiger partial charge in [-0.3, -0.25) is 9.48 Å². The van der Waals surface area contributed by atoms with E-state index in [1.54, 1.807) is 50.7 Å². The first-order valence-electron chi connectivity index (χ1n) is 14.0. The topological polar surface area (TPSA) is 163 Å². The third kappa shape index (κ3) is 7.17. The number of aromatic nitrogens is 6. The number of oxazole rings is 1. The molecule has 44 heavy (non-hydrogen) atoms. The van der Waals surface area contributed by atoms with E-state index < -0.39 is 17.2 Å². The Balaban J connectivity index is 1.49. The van der Waals surface area contributed by atoms with E-state index in [0.29, 0.717) is 17.8 Å². The molecule has 0 radical (unpaired) electrons. The van der Waals surface area contributed by atoms with Crippen molar-refractivity contribution in [1.82, 2.24) is 40.6 Å². The number of nitrogens with one attached hydrogen (secondary N) is 2. The Morgan fingerprint density at radius 2 is 1.75 bits per heavy atom. The molecule has 0 bridgehead atoms. The van der Waals surface area contributed by atoms with Crippen LogP contribution in [0.25, 0.3) is 23.2 Å². The van der Waals surface area contributed by atoms with Crippen LogP contribution in [-0.2, 0) is 23.7 Å². The summed E-state index contributed by atoms with van der Waals surface area (Å²) in [6, 6.07) is 14.2. The van der Waals surface area contributed by atoms with Gasteiger partial charge >= 0.3 is 6.09 Å². The van der Waals surface area contributed by atoms with Gasteiger partial charge in [0, 0.05) is 25.2 Å². The van der Waals surface area contributed by atoms with Gasteiger partial charge in [0.25, 0.3) is 11.8 Å². The molecule has 13 nitrogen and oxygen atoms in total. The molecule has 0 aliphatic carbocycles. The molecule has 0 aliphatic rings. The lowest BCUT2D eigenvalue weighted by atomic mass is 9.92. The number of aryl methyl sites for hydroxylation is 1. The number of ether oxygens (including phenoxy) is 1. The third-order valence-electron chi connectivity index (χ3n) is 6.56. The summed E-state index contributed by atoms with van der Waals surface area (Å²) in [5.41, 5.74) is 0.553. The number of rotatable bonds is 9. The van der Waals surface area contributed by atoms with Crippen LogP contribution in [-0.4, -0.2) is 47.5 Å². The largest absolute Gasteiger partial charge is 0.444 e. The van der Waals surface area contributed by atoms with Crippen molar-refractivity contribution < 1.29 is 23.2 Å². The van der Waals surface area contributed by atoms with Crippen LogP contribution < -0.4 is 10.6 Å². The van der Waals surface area contributed by atoms with E-state index >= 15 is 0 Å². The van der Waals surface area contributed by atoms with Crippen molar-refractivity contribution in [2.24, 2.45) is 7.05 Å². The quantitative estimate of drug-likeness (QED) is 0.236.